The number of hydrogen-bond donors (Lipinski definition) is 2. The highest BCUT2D eigenvalue weighted by Gasteiger charge is 2.24. The fourth-order valence-electron chi connectivity index (χ4n) is 2.99. The van der Waals surface area contributed by atoms with E-state index in [0.29, 0.717) is 11.7 Å². The zero-order valence-corrected chi connectivity index (χ0v) is 15.6. The number of likely N-dealkylation sites (tertiary alicyclic amines) is 1. The molecule has 9 heteroatoms. The normalized spacial score (nSPS) is 16.7. The van der Waals surface area contributed by atoms with Crippen LogP contribution >= 0.6 is 11.3 Å². The van der Waals surface area contributed by atoms with Crippen LogP contribution in [0.3, 0.4) is 0 Å². The van der Waals surface area contributed by atoms with E-state index in [2.05, 4.69) is 27.3 Å². The Morgan fingerprint density at radius 1 is 1.32 bits per heavy atom. The molecule has 1 fully saturated rings. The van der Waals surface area contributed by atoms with Gasteiger partial charge in [0, 0.05) is 6.54 Å². The number of nitrogens with zero attached hydrogens (tertiary/aromatic N) is 2. The van der Waals surface area contributed by atoms with Crippen molar-refractivity contribution in [1.82, 2.24) is 9.88 Å². The second-order valence-corrected chi connectivity index (χ2v) is 8.76. The number of methoxy groups -OCH3 is 1. The number of hydrogen-bond acceptors (Lipinski definition) is 7. The first-order chi connectivity index (χ1) is 12.0. The van der Waals surface area contributed by atoms with Crippen molar-refractivity contribution in [2.75, 3.05) is 32.1 Å². The van der Waals surface area contributed by atoms with Crippen LogP contribution in [0, 0.1) is 0 Å². The maximum Gasteiger partial charge on any atom is 0.249 e. The van der Waals surface area contributed by atoms with Gasteiger partial charge in [0.2, 0.25) is 10.0 Å². The average molecular weight is 383 g/mol. The molecule has 0 spiro atoms. The quantitative estimate of drug-likeness (QED) is 0.761. The van der Waals surface area contributed by atoms with Gasteiger partial charge in [-0.15, -0.1) is 0 Å². The van der Waals surface area contributed by atoms with E-state index in [0.717, 1.165) is 30.2 Å². The maximum absolute atomic E-state index is 11.4. The molecule has 1 aliphatic rings. The van der Waals surface area contributed by atoms with Gasteiger partial charge in [-0.25, -0.2) is 18.5 Å². The van der Waals surface area contributed by atoms with E-state index in [1.807, 2.05) is 12.1 Å². The van der Waals surface area contributed by atoms with Gasteiger partial charge in [-0.1, -0.05) is 23.5 Å². The molecule has 1 saturated heterocycles. The van der Waals surface area contributed by atoms with Crippen LogP contribution in [0.15, 0.2) is 34.7 Å². The molecule has 0 radical (unpaired) electrons. The Hall–Kier alpha value is -1.68. The minimum absolute atomic E-state index is 0.0668. The molecule has 0 bridgehead atoms. The van der Waals surface area contributed by atoms with Gasteiger partial charge in [-0.2, -0.15) is 0 Å². The van der Waals surface area contributed by atoms with Gasteiger partial charge in [0.05, 0.1) is 19.3 Å². The van der Waals surface area contributed by atoms with E-state index in [9.17, 15) is 8.42 Å². The van der Waals surface area contributed by atoms with Gasteiger partial charge in [-0.3, -0.25) is 4.90 Å². The summed E-state index contributed by atoms with van der Waals surface area (Å²) in [6.07, 6.45) is 3.68. The predicted molar refractivity (Wildman–Crippen MR) is 98.5 cm³/mol. The first kappa shape index (κ1) is 18.1. The molecular weight excluding hydrogens is 360 g/mol. The van der Waals surface area contributed by atoms with Crippen LogP contribution in [0.5, 0.6) is 5.75 Å². The highest BCUT2D eigenvalue weighted by Crippen LogP contribution is 2.28. The Morgan fingerprint density at radius 3 is 2.56 bits per heavy atom. The van der Waals surface area contributed by atoms with Crippen molar-refractivity contribution in [1.29, 1.82) is 0 Å². The van der Waals surface area contributed by atoms with E-state index >= 15 is 0 Å². The number of rotatable bonds is 7. The lowest BCUT2D eigenvalue weighted by Gasteiger charge is -2.28. The Bertz CT molecular complexity index is 799. The van der Waals surface area contributed by atoms with E-state index in [-0.39, 0.29) is 10.3 Å². The zero-order chi connectivity index (χ0) is 17.9. The summed E-state index contributed by atoms with van der Waals surface area (Å²) in [5.74, 6) is 0.828. The van der Waals surface area contributed by atoms with E-state index in [1.165, 1.54) is 24.6 Å². The van der Waals surface area contributed by atoms with Gasteiger partial charge < -0.3 is 10.1 Å². The lowest BCUT2D eigenvalue weighted by Crippen LogP contribution is -2.31. The number of thiazole rings is 1. The molecule has 136 valence electrons. The third-order valence-electron chi connectivity index (χ3n) is 4.29. The highest BCUT2D eigenvalue weighted by molar-refractivity contribution is 7.91. The minimum atomic E-state index is -3.70. The molecule has 25 heavy (non-hydrogen) atoms. The van der Waals surface area contributed by atoms with Crippen LogP contribution in [0.1, 0.15) is 24.4 Å². The van der Waals surface area contributed by atoms with Crippen molar-refractivity contribution in [2.24, 2.45) is 5.14 Å². The van der Waals surface area contributed by atoms with Crippen molar-refractivity contribution < 1.29 is 13.2 Å². The molecule has 1 aromatic carbocycles. The number of sulfonamides is 1. The zero-order valence-electron chi connectivity index (χ0n) is 14.0. The molecular formula is C16H22N4O3S2. The van der Waals surface area contributed by atoms with Crippen LogP contribution in [0.25, 0.3) is 0 Å². The van der Waals surface area contributed by atoms with Gasteiger partial charge in [0.15, 0.2) is 9.34 Å². The fourth-order valence-corrected chi connectivity index (χ4v) is 4.45. The first-order valence-electron chi connectivity index (χ1n) is 8.08. The summed E-state index contributed by atoms with van der Waals surface area (Å²) in [4.78, 5) is 6.55. The summed E-state index contributed by atoms with van der Waals surface area (Å²) in [6, 6.07) is 8.25. The van der Waals surface area contributed by atoms with Crippen LogP contribution in [0.2, 0.25) is 0 Å². The summed E-state index contributed by atoms with van der Waals surface area (Å²) < 4.78 is 28.1. The average Bonchev–Trinajstić information content (AvgIpc) is 3.27. The standard InChI is InChI=1S/C16H22N4O3S2/c1-23-13-6-4-12(5-7-13)14(20-8-2-3-9-20)10-18-16-19-11-15(24-16)25(17,21)22/h4-7,11,14H,2-3,8-10H2,1H3,(H,18,19)(H2,17,21,22). The van der Waals surface area contributed by atoms with Crippen LogP contribution in [-0.2, 0) is 10.0 Å². The maximum atomic E-state index is 11.4. The number of primary sulfonamides is 1. The fraction of sp³-hybridized carbons (Fsp3) is 0.438. The van der Waals surface area contributed by atoms with Gasteiger partial charge in [0.25, 0.3) is 0 Å². The largest absolute Gasteiger partial charge is 0.497 e. The Labute approximate surface area is 151 Å². The topological polar surface area (TPSA) is 97.5 Å². The molecule has 2 heterocycles. The number of benzene rings is 1. The molecule has 3 N–H and O–H groups in total. The van der Waals surface area contributed by atoms with Crippen molar-refractivity contribution in [3.63, 3.8) is 0 Å². The number of nitrogens with two attached hydrogens (primary N) is 1. The smallest absolute Gasteiger partial charge is 0.249 e. The van der Waals surface area contributed by atoms with Crippen molar-refractivity contribution in [3.8, 4) is 5.75 Å². The number of aromatic nitrogens is 1. The summed E-state index contributed by atoms with van der Waals surface area (Å²) >= 11 is 1.05. The summed E-state index contributed by atoms with van der Waals surface area (Å²) in [6.45, 7) is 2.75. The SMILES string of the molecule is COc1ccc(C(CNc2ncc(S(N)(=O)=O)s2)N2CCCC2)cc1. The van der Waals surface area contributed by atoms with Crippen LogP contribution in [0.4, 0.5) is 5.13 Å². The number of anilines is 1. The third kappa shape index (κ3) is 4.49. The Morgan fingerprint density at radius 2 is 2.00 bits per heavy atom. The lowest BCUT2D eigenvalue weighted by atomic mass is 10.1. The Balaban J connectivity index is 1.74. The molecule has 0 amide bonds. The van der Waals surface area contributed by atoms with E-state index in [1.54, 1.807) is 7.11 Å². The van der Waals surface area contributed by atoms with Crippen molar-refractivity contribution >= 4 is 26.5 Å². The van der Waals surface area contributed by atoms with Crippen LogP contribution in [-0.4, -0.2) is 45.0 Å². The molecule has 1 aliphatic heterocycles. The molecule has 0 aliphatic carbocycles. The molecule has 7 nitrogen and oxygen atoms in total. The lowest BCUT2D eigenvalue weighted by molar-refractivity contribution is 0.256. The van der Waals surface area contributed by atoms with Gasteiger partial charge >= 0.3 is 0 Å². The van der Waals surface area contributed by atoms with Crippen LogP contribution < -0.4 is 15.2 Å². The Kier molecular flexibility index (Phi) is 5.57. The molecule has 1 unspecified atom stereocenters. The molecule has 0 saturated carbocycles. The second-order valence-electron chi connectivity index (χ2n) is 5.94. The molecule has 1 aromatic heterocycles. The second kappa shape index (κ2) is 7.69. The third-order valence-corrected chi connectivity index (χ3v) is 6.66. The molecule has 2 aromatic rings. The summed E-state index contributed by atoms with van der Waals surface area (Å²) in [5.41, 5.74) is 1.19. The monoisotopic (exact) mass is 382 g/mol. The minimum Gasteiger partial charge on any atom is -0.497 e. The molecule has 3 rings (SSSR count). The van der Waals surface area contributed by atoms with E-state index in [4.69, 9.17) is 9.88 Å². The first-order valence-corrected chi connectivity index (χ1v) is 10.4. The number of ether oxygens (including phenoxy) is 1. The predicted octanol–water partition coefficient (Wildman–Crippen LogP) is 2.05. The van der Waals surface area contributed by atoms with E-state index < -0.39 is 10.0 Å². The van der Waals surface area contributed by atoms with Gasteiger partial charge in [-0.05, 0) is 43.6 Å². The van der Waals surface area contributed by atoms with Crippen molar-refractivity contribution in [2.45, 2.75) is 23.1 Å². The summed E-state index contributed by atoms with van der Waals surface area (Å²) in [7, 11) is -2.05. The molecule has 1 atom stereocenters. The highest BCUT2D eigenvalue weighted by atomic mass is 32.2. The van der Waals surface area contributed by atoms with Gasteiger partial charge in [0.1, 0.15) is 5.75 Å². The summed E-state index contributed by atoms with van der Waals surface area (Å²) in [5, 5.41) is 8.95. The number of nitrogens with one attached hydrogen (secondary N) is 1. The van der Waals surface area contributed by atoms with Crippen molar-refractivity contribution in [3.05, 3.63) is 36.0 Å².